The van der Waals surface area contributed by atoms with Crippen LogP contribution in [-0.4, -0.2) is 17.0 Å². The van der Waals surface area contributed by atoms with Crippen LogP contribution in [0.4, 0.5) is 5.69 Å². The third-order valence-electron chi connectivity index (χ3n) is 3.31. The molecule has 0 saturated heterocycles. The van der Waals surface area contributed by atoms with Crippen molar-refractivity contribution in [1.29, 1.82) is 0 Å². The van der Waals surface area contributed by atoms with Gasteiger partial charge in [-0.3, -0.25) is 14.9 Å². The molecule has 0 saturated carbocycles. The van der Waals surface area contributed by atoms with Crippen molar-refractivity contribution in [2.45, 2.75) is 9.99 Å². The minimum absolute atomic E-state index is 0.141. The van der Waals surface area contributed by atoms with E-state index in [0.717, 1.165) is 9.37 Å². The van der Waals surface area contributed by atoms with Crippen molar-refractivity contribution in [3.05, 3.63) is 86.6 Å². The Labute approximate surface area is 166 Å². The summed E-state index contributed by atoms with van der Waals surface area (Å²) in [5.74, 6) is -0.112. The first-order chi connectivity index (χ1) is 13.0. The summed E-state index contributed by atoms with van der Waals surface area (Å²) < 4.78 is 6.45. The fraction of sp³-hybridized carbons (Fsp3) is 0. The van der Waals surface area contributed by atoms with Crippen LogP contribution in [0.3, 0.4) is 0 Å². The first-order valence-corrected chi connectivity index (χ1v) is 9.24. The van der Waals surface area contributed by atoms with Gasteiger partial charge in [0.2, 0.25) is 0 Å². The fourth-order valence-corrected chi connectivity index (χ4v) is 3.43. The van der Waals surface area contributed by atoms with E-state index in [1.165, 1.54) is 42.2 Å². The highest BCUT2D eigenvalue weighted by Crippen LogP contribution is 2.35. The second kappa shape index (κ2) is 8.65. The van der Waals surface area contributed by atoms with Crippen LogP contribution in [0.15, 0.2) is 84.6 Å². The summed E-state index contributed by atoms with van der Waals surface area (Å²) in [6, 6.07) is 16.9. The van der Waals surface area contributed by atoms with Crippen molar-refractivity contribution in [3.63, 3.8) is 0 Å². The molecule has 1 amide bonds. The zero-order valence-electron chi connectivity index (χ0n) is 13.7. The maximum absolute atomic E-state index is 12.0. The number of nitrogens with one attached hydrogen (secondary N) is 1. The van der Waals surface area contributed by atoms with Gasteiger partial charge in [0.1, 0.15) is 5.76 Å². The standard InChI is InChI=1S/C18H12BrN3O4S/c19-16-10-14(26-18(16)27-15-7-2-1-3-8-15)11-20-21-17(23)12-5-4-6-13(9-12)22(24)25/h1-11H,(H,21,23)/b20-11-. The number of carbonyl (C=O) groups is 1. The van der Waals surface area contributed by atoms with Gasteiger partial charge in [0.15, 0.2) is 5.09 Å². The Morgan fingerprint density at radius 3 is 2.70 bits per heavy atom. The number of nitro benzene ring substituents is 1. The predicted octanol–water partition coefficient (Wildman–Crippen LogP) is 4.87. The summed E-state index contributed by atoms with van der Waals surface area (Å²) in [6.45, 7) is 0. The Kier molecular flexibility index (Phi) is 6.05. The van der Waals surface area contributed by atoms with Crippen molar-refractivity contribution in [3.8, 4) is 0 Å². The average Bonchev–Trinajstić information content (AvgIpc) is 3.02. The van der Waals surface area contributed by atoms with E-state index in [2.05, 4.69) is 26.5 Å². The Bertz CT molecular complexity index is 1000. The number of nitrogens with zero attached hydrogens (tertiary/aromatic N) is 2. The van der Waals surface area contributed by atoms with Gasteiger partial charge in [-0.2, -0.15) is 5.10 Å². The molecule has 3 aromatic rings. The Morgan fingerprint density at radius 2 is 1.96 bits per heavy atom. The molecule has 0 aliphatic heterocycles. The smallest absolute Gasteiger partial charge is 0.271 e. The lowest BCUT2D eigenvalue weighted by Gasteiger charge is -1.99. The number of non-ortho nitro benzene ring substituents is 1. The van der Waals surface area contributed by atoms with Crippen LogP contribution < -0.4 is 5.43 Å². The highest BCUT2D eigenvalue weighted by molar-refractivity contribution is 9.10. The highest BCUT2D eigenvalue weighted by Gasteiger charge is 2.12. The van der Waals surface area contributed by atoms with Crippen molar-refractivity contribution < 1.29 is 14.1 Å². The Hall–Kier alpha value is -2.91. The molecule has 1 aromatic heterocycles. The maximum atomic E-state index is 12.0. The van der Waals surface area contributed by atoms with E-state index in [1.807, 2.05) is 30.3 Å². The quantitative estimate of drug-likeness (QED) is 0.331. The van der Waals surface area contributed by atoms with E-state index < -0.39 is 10.8 Å². The van der Waals surface area contributed by atoms with Gasteiger partial charge in [0.25, 0.3) is 11.6 Å². The molecular formula is C18H12BrN3O4S. The molecule has 27 heavy (non-hydrogen) atoms. The van der Waals surface area contributed by atoms with Crippen molar-refractivity contribution in [1.82, 2.24) is 5.43 Å². The molecule has 1 N–H and O–H groups in total. The van der Waals surface area contributed by atoms with E-state index in [-0.39, 0.29) is 11.3 Å². The molecule has 0 fully saturated rings. The maximum Gasteiger partial charge on any atom is 0.271 e. The average molecular weight is 446 g/mol. The third-order valence-corrected chi connectivity index (χ3v) is 5.15. The molecule has 7 nitrogen and oxygen atoms in total. The highest BCUT2D eigenvalue weighted by atomic mass is 79.9. The zero-order valence-corrected chi connectivity index (χ0v) is 16.1. The normalized spacial score (nSPS) is 10.9. The number of hydrazone groups is 1. The van der Waals surface area contributed by atoms with E-state index in [1.54, 1.807) is 6.07 Å². The molecule has 0 spiro atoms. The first-order valence-electron chi connectivity index (χ1n) is 7.63. The van der Waals surface area contributed by atoms with Crippen LogP contribution in [0.1, 0.15) is 16.1 Å². The number of nitro groups is 1. The van der Waals surface area contributed by atoms with E-state index >= 15 is 0 Å². The number of hydrogen-bond donors (Lipinski definition) is 1. The first kappa shape index (κ1) is 18.9. The summed E-state index contributed by atoms with van der Waals surface area (Å²) in [4.78, 5) is 23.3. The lowest BCUT2D eigenvalue weighted by atomic mass is 10.2. The van der Waals surface area contributed by atoms with Crippen LogP contribution >= 0.6 is 27.7 Å². The second-order valence-electron chi connectivity index (χ2n) is 5.21. The predicted molar refractivity (Wildman–Crippen MR) is 105 cm³/mol. The second-order valence-corrected chi connectivity index (χ2v) is 7.11. The van der Waals surface area contributed by atoms with Crippen molar-refractivity contribution >= 4 is 45.5 Å². The molecule has 9 heteroatoms. The molecular weight excluding hydrogens is 434 g/mol. The van der Waals surface area contributed by atoms with Gasteiger partial charge in [0.05, 0.1) is 15.6 Å². The number of halogens is 1. The largest absolute Gasteiger partial charge is 0.447 e. The summed E-state index contributed by atoms with van der Waals surface area (Å²) in [5.41, 5.74) is 2.30. The number of benzene rings is 2. The van der Waals surface area contributed by atoms with Crippen LogP contribution in [-0.2, 0) is 0 Å². The van der Waals surface area contributed by atoms with Crippen molar-refractivity contribution in [2.75, 3.05) is 0 Å². The van der Waals surface area contributed by atoms with Crippen molar-refractivity contribution in [2.24, 2.45) is 5.10 Å². The van der Waals surface area contributed by atoms with Gasteiger partial charge in [-0.15, -0.1) is 0 Å². The minimum atomic E-state index is -0.563. The number of carbonyl (C=O) groups excluding carboxylic acids is 1. The lowest BCUT2D eigenvalue weighted by Crippen LogP contribution is -2.17. The summed E-state index contributed by atoms with van der Waals surface area (Å²) in [7, 11) is 0. The van der Waals surface area contributed by atoms with Gasteiger partial charge >= 0.3 is 0 Å². The summed E-state index contributed by atoms with van der Waals surface area (Å²) in [6.07, 6.45) is 1.36. The number of rotatable bonds is 6. The molecule has 0 aliphatic carbocycles. The summed E-state index contributed by atoms with van der Waals surface area (Å²) >= 11 is 4.88. The Morgan fingerprint density at radius 1 is 1.19 bits per heavy atom. The van der Waals surface area contributed by atoms with E-state index in [4.69, 9.17) is 4.42 Å². The molecule has 0 bridgehead atoms. The van der Waals surface area contributed by atoms with E-state index in [9.17, 15) is 14.9 Å². The van der Waals surface area contributed by atoms with Crippen LogP contribution in [0, 0.1) is 10.1 Å². The lowest BCUT2D eigenvalue weighted by molar-refractivity contribution is -0.384. The summed E-state index contributed by atoms with van der Waals surface area (Å²) in [5, 5.41) is 15.3. The monoisotopic (exact) mass is 445 g/mol. The van der Waals surface area contributed by atoms with Gasteiger partial charge in [-0.1, -0.05) is 36.0 Å². The molecule has 136 valence electrons. The fourth-order valence-electron chi connectivity index (χ4n) is 2.08. The van der Waals surface area contributed by atoms with Gasteiger partial charge in [0, 0.05) is 28.7 Å². The molecule has 2 aromatic carbocycles. The van der Waals surface area contributed by atoms with Gasteiger partial charge < -0.3 is 4.42 Å². The molecule has 0 atom stereocenters. The molecule has 1 heterocycles. The minimum Gasteiger partial charge on any atom is -0.447 e. The molecule has 0 radical (unpaired) electrons. The number of amides is 1. The number of furan rings is 1. The van der Waals surface area contributed by atoms with Crippen LogP contribution in [0.5, 0.6) is 0 Å². The molecule has 3 rings (SSSR count). The van der Waals surface area contributed by atoms with Gasteiger partial charge in [-0.25, -0.2) is 5.43 Å². The van der Waals surface area contributed by atoms with Crippen LogP contribution in [0.25, 0.3) is 0 Å². The third kappa shape index (κ3) is 5.05. The molecule has 0 unspecified atom stereocenters. The molecule has 0 aliphatic rings. The Balaban J connectivity index is 1.64. The SMILES string of the molecule is O=C(N/N=C\c1cc(Br)c(Sc2ccccc2)o1)c1cccc([N+](=O)[O-])c1. The number of hydrogen-bond acceptors (Lipinski definition) is 6. The van der Waals surface area contributed by atoms with Crippen LogP contribution in [0.2, 0.25) is 0 Å². The van der Waals surface area contributed by atoms with Gasteiger partial charge in [-0.05, 0) is 34.1 Å². The topological polar surface area (TPSA) is 97.7 Å². The zero-order chi connectivity index (χ0) is 19.2. The van der Waals surface area contributed by atoms with E-state index in [0.29, 0.717) is 10.9 Å².